The molecule has 0 amide bonds. The minimum atomic E-state index is -3.05. The summed E-state index contributed by atoms with van der Waals surface area (Å²) in [4.78, 5) is 14.6. The molecule has 152 valence electrons. The summed E-state index contributed by atoms with van der Waals surface area (Å²) >= 11 is 6.07. The summed E-state index contributed by atoms with van der Waals surface area (Å²) in [7, 11) is -3.05. The molecule has 2 heterocycles. The Kier molecular flexibility index (Phi) is 8.44. The molecule has 0 radical (unpaired) electrons. The fourth-order valence-electron chi connectivity index (χ4n) is 2.81. The van der Waals surface area contributed by atoms with Gasteiger partial charge < -0.3 is 24.2 Å². The first-order valence-corrected chi connectivity index (χ1v) is 11.3. The van der Waals surface area contributed by atoms with E-state index >= 15 is 0 Å². The molecule has 9 nitrogen and oxygen atoms in total. The summed E-state index contributed by atoms with van der Waals surface area (Å²) in [5, 5.41) is 0.246. The highest BCUT2D eigenvalue weighted by atomic mass is 35.5. The van der Waals surface area contributed by atoms with E-state index in [-0.39, 0.29) is 11.1 Å². The normalized spacial score (nSPS) is 12.3. The predicted octanol–water partition coefficient (Wildman–Crippen LogP) is 3.04. The third kappa shape index (κ3) is 6.12. The van der Waals surface area contributed by atoms with Gasteiger partial charge in [-0.05, 0) is 26.8 Å². The number of nitrogens with two attached hydrogens (primary N) is 1. The molecule has 0 unspecified atom stereocenters. The molecule has 0 saturated carbocycles. The van der Waals surface area contributed by atoms with E-state index in [0.717, 1.165) is 19.5 Å². The Morgan fingerprint density at radius 3 is 2.52 bits per heavy atom. The SMILES string of the molecule is CCCN(CCn1cnc2c(Cl)nc(N)nc21)CCP(=O)(OCC)OCC. The second-order valence-electron chi connectivity index (χ2n) is 5.99. The second-order valence-corrected chi connectivity index (χ2v) is 8.54. The maximum absolute atomic E-state index is 12.7. The first-order chi connectivity index (χ1) is 12.9. The highest BCUT2D eigenvalue weighted by molar-refractivity contribution is 7.53. The molecule has 0 aliphatic carbocycles. The zero-order valence-electron chi connectivity index (χ0n) is 16.1. The molecule has 2 aromatic heterocycles. The molecule has 0 aliphatic heterocycles. The van der Waals surface area contributed by atoms with Crippen LogP contribution in [0.15, 0.2) is 6.33 Å². The molecule has 0 bridgehead atoms. The van der Waals surface area contributed by atoms with Gasteiger partial charge in [0.1, 0.15) is 5.52 Å². The Bertz CT molecular complexity index is 777. The smallest absolute Gasteiger partial charge is 0.331 e. The second kappa shape index (κ2) is 10.3. The van der Waals surface area contributed by atoms with E-state index in [0.29, 0.717) is 43.6 Å². The number of anilines is 1. The van der Waals surface area contributed by atoms with Crippen molar-refractivity contribution in [2.24, 2.45) is 0 Å². The van der Waals surface area contributed by atoms with Gasteiger partial charge in [0, 0.05) is 19.6 Å². The fourth-order valence-corrected chi connectivity index (χ4v) is 4.68. The molecule has 0 spiro atoms. The molecule has 0 fully saturated rings. The molecule has 11 heteroatoms. The van der Waals surface area contributed by atoms with Crippen molar-refractivity contribution in [3.63, 3.8) is 0 Å². The van der Waals surface area contributed by atoms with Crippen LogP contribution in [-0.2, 0) is 20.2 Å². The van der Waals surface area contributed by atoms with Gasteiger partial charge in [0.25, 0.3) is 0 Å². The van der Waals surface area contributed by atoms with E-state index < -0.39 is 7.60 Å². The van der Waals surface area contributed by atoms with Crippen molar-refractivity contribution in [3.8, 4) is 0 Å². The zero-order valence-corrected chi connectivity index (χ0v) is 17.7. The molecule has 27 heavy (non-hydrogen) atoms. The van der Waals surface area contributed by atoms with Gasteiger partial charge in [-0.3, -0.25) is 4.57 Å². The molecule has 2 N–H and O–H groups in total. The van der Waals surface area contributed by atoms with Crippen molar-refractivity contribution in [1.29, 1.82) is 0 Å². The van der Waals surface area contributed by atoms with Crippen LogP contribution in [0.25, 0.3) is 11.2 Å². The van der Waals surface area contributed by atoms with Crippen molar-refractivity contribution in [3.05, 3.63) is 11.5 Å². The van der Waals surface area contributed by atoms with Gasteiger partial charge in [-0.2, -0.15) is 9.97 Å². The summed E-state index contributed by atoms with van der Waals surface area (Å²) in [6.07, 6.45) is 3.03. The highest BCUT2D eigenvalue weighted by Gasteiger charge is 2.24. The van der Waals surface area contributed by atoms with Crippen LogP contribution in [0.2, 0.25) is 5.15 Å². The summed E-state index contributed by atoms with van der Waals surface area (Å²) in [5.41, 5.74) is 6.83. The van der Waals surface area contributed by atoms with Crippen LogP contribution < -0.4 is 5.73 Å². The number of hydrogen-bond acceptors (Lipinski definition) is 8. The van der Waals surface area contributed by atoms with Crippen LogP contribution in [0.5, 0.6) is 0 Å². The lowest BCUT2D eigenvalue weighted by Crippen LogP contribution is -2.31. The Morgan fingerprint density at radius 2 is 1.89 bits per heavy atom. The van der Waals surface area contributed by atoms with E-state index in [1.807, 2.05) is 18.4 Å². The van der Waals surface area contributed by atoms with Crippen LogP contribution in [-0.4, -0.2) is 63.4 Å². The van der Waals surface area contributed by atoms with Crippen molar-refractivity contribution in [2.45, 2.75) is 33.7 Å². The van der Waals surface area contributed by atoms with Crippen LogP contribution in [0, 0.1) is 0 Å². The van der Waals surface area contributed by atoms with Gasteiger partial charge in [0.15, 0.2) is 10.8 Å². The lowest BCUT2D eigenvalue weighted by Gasteiger charge is -2.24. The number of nitrogen functional groups attached to an aromatic ring is 1. The summed E-state index contributed by atoms with van der Waals surface area (Å²) in [6.45, 7) is 9.37. The van der Waals surface area contributed by atoms with E-state index in [9.17, 15) is 4.57 Å². The monoisotopic (exact) mass is 418 g/mol. The number of aromatic nitrogens is 4. The average molecular weight is 419 g/mol. The first kappa shape index (κ1) is 22.0. The lowest BCUT2D eigenvalue weighted by molar-refractivity contribution is 0.210. The van der Waals surface area contributed by atoms with Gasteiger partial charge in [0.05, 0.1) is 25.7 Å². The van der Waals surface area contributed by atoms with Crippen LogP contribution in [0.4, 0.5) is 5.95 Å². The summed E-state index contributed by atoms with van der Waals surface area (Å²) in [5.74, 6) is 0.119. The van der Waals surface area contributed by atoms with Gasteiger partial charge >= 0.3 is 7.60 Å². The molecular weight excluding hydrogens is 391 g/mol. The molecule has 0 aromatic carbocycles. The van der Waals surface area contributed by atoms with Crippen LogP contribution >= 0.6 is 19.2 Å². The molecular formula is C16H28ClN6O3P. The Hall–Kier alpha value is -1.25. The number of imidazole rings is 1. The Morgan fingerprint density at radius 1 is 1.19 bits per heavy atom. The third-order valence-electron chi connectivity index (χ3n) is 3.98. The quantitative estimate of drug-likeness (QED) is 0.414. The van der Waals surface area contributed by atoms with E-state index in [1.165, 1.54) is 0 Å². The number of hydrogen-bond donors (Lipinski definition) is 1. The van der Waals surface area contributed by atoms with Gasteiger partial charge in [-0.1, -0.05) is 18.5 Å². The maximum Gasteiger partial charge on any atom is 0.331 e. The Labute approximate surface area is 164 Å². The topological polar surface area (TPSA) is 108 Å². The Balaban J connectivity index is 2.03. The highest BCUT2D eigenvalue weighted by Crippen LogP contribution is 2.47. The maximum atomic E-state index is 12.7. The number of fused-ring (bicyclic) bond motifs is 1. The van der Waals surface area contributed by atoms with Gasteiger partial charge in [0.2, 0.25) is 5.95 Å². The van der Waals surface area contributed by atoms with Crippen molar-refractivity contribution in [1.82, 2.24) is 24.4 Å². The van der Waals surface area contributed by atoms with E-state index in [1.54, 1.807) is 6.33 Å². The van der Waals surface area contributed by atoms with Crippen molar-refractivity contribution < 1.29 is 13.6 Å². The van der Waals surface area contributed by atoms with Crippen LogP contribution in [0.3, 0.4) is 0 Å². The number of nitrogens with zero attached hydrogens (tertiary/aromatic N) is 5. The molecule has 2 aromatic rings. The largest absolute Gasteiger partial charge is 0.368 e. The predicted molar refractivity (Wildman–Crippen MR) is 107 cm³/mol. The third-order valence-corrected chi connectivity index (χ3v) is 6.29. The molecule has 0 saturated heterocycles. The molecule has 0 atom stereocenters. The standard InChI is InChI=1S/C16H28ClN6O3P/c1-4-7-22(10-11-27(24,25-5-2)26-6-3)8-9-23-12-19-13-14(17)20-16(18)21-15(13)23/h12H,4-11H2,1-3H3,(H2,18,20,21). The van der Waals surface area contributed by atoms with Gasteiger partial charge in [-0.25, -0.2) is 4.98 Å². The van der Waals surface area contributed by atoms with E-state index in [2.05, 4.69) is 26.8 Å². The van der Waals surface area contributed by atoms with Crippen LogP contribution in [0.1, 0.15) is 27.2 Å². The molecule has 2 rings (SSSR count). The minimum Gasteiger partial charge on any atom is -0.368 e. The van der Waals surface area contributed by atoms with E-state index in [4.69, 9.17) is 26.4 Å². The lowest BCUT2D eigenvalue weighted by atomic mass is 10.4. The number of rotatable bonds is 12. The minimum absolute atomic E-state index is 0.119. The summed E-state index contributed by atoms with van der Waals surface area (Å²) < 4.78 is 25.3. The number of halogens is 1. The first-order valence-electron chi connectivity index (χ1n) is 9.16. The van der Waals surface area contributed by atoms with Crippen molar-refractivity contribution in [2.75, 3.05) is 44.7 Å². The zero-order chi connectivity index (χ0) is 19.9. The average Bonchev–Trinajstić information content (AvgIpc) is 3.01. The van der Waals surface area contributed by atoms with Crippen molar-refractivity contribution >= 4 is 36.3 Å². The van der Waals surface area contributed by atoms with Gasteiger partial charge in [-0.15, -0.1) is 0 Å². The summed E-state index contributed by atoms with van der Waals surface area (Å²) in [6, 6.07) is 0. The molecule has 0 aliphatic rings. The fraction of sp³-hybridized carbons (Fsp3) is 0.688.